The number of rotatable bonds is 5. The lowest BCUT2D eigenvalue weighted by atomic mass is 9.97. The number of nitrogens with two attached hydrogens (primary N) is 1. The number of hydrogen-bond acceptors (Lipinski definition) is 4. The van der Waals surface area contributed by atoms with Crippen molar-refractivity contribution in [2.24, 2.45) is 11.7 Å². The van der Waals surface area contributed by atoms with Crippen LogP contribution in [-0.2, 0) is 19.3 Å². The largest absolute Gasteiger partial charge is 0.333 e. The van der Waals surface area contributed by atoms with Crippen molar-refractivity contribution in [3.8, 4) is 21.0 Å². The van der Waals surface area contributed by atoms with E-state index in [4.69, 9.17) is 10.4 Å². The molecule has 0 radical (unpaired) electrons. The number of aromatic nitrogens is 1. The number of nitrogens with one attached hydrogen (secondary N) is 1. The highest BCUT2D eigenvalue weighted by Crippen LogP contribution is 2.38. The Balaban J connectivity index is 0.00000109. The van der Waals surface area contributed by atoms with E-state index in [9.17, 15) is 0 Å². The number of aryl methyl sites for hydroxylation is 1. The molecule has 1 heterocycles. The maximum atomic E-state index is 7.77. The highest BCUT2D eigenvalue weighted by Gasteiger charge is 2.17. The summed E-state index contributed by atoms with van der Waals surface area (Å²) in [5.74, 6) is 0.589. The van der Waals surface area contributed by atoms with Crippen LogP contribution in [0, 0.1) is 11.3 Å². The van der Waals surface area contributed by atoms with Gasteiger partial charge in [0.15, 0.2) is 0 Å². The van der Waals surface area contributed by atoms with E-state index in [-0.39, 0.29) is 0 Å². The van der Waals surface area contributed by atoms with E-state index < -0.39 is 0 Å². The minimum absolute atomic E-state index is 0.589. The van der Waals surface area contributed by atoms with Crippen LogP contribution in [-0.4, -0.2) is 18.2 Å². The Bertz CT molecular complexity index is 956. The van der Waals surface area contributed by atoms with Gasteiger partial charge in [-0.1, -0.05) is 44.2 Å². The predicted octanol–water partition coefficient (Wildman–Crippen LogP) is 5.74. The summed E-state index contributed by atoms with van der Waals surface area (Å²) < 4.78 is 0. The van der Waals surface area contributed by atoms with Gasteiger partial charge in [-0.05, 0) is 72.5 Å². The summed E-state index contributed by atoms with van der Waals surface area (Å²) in [5.41, 5.74) is 12.2. The maximum Gasteiger partial charge on any atom is 0.123 e. The molecule has 0 atom stereocenters. The molecule has 2 aromatic carbocycles. The molecule has 0 amide bonds. The van der Waals surface area contributed by atoms with E-state index in [0.717, 1.165) is 22.6 Å². The summed E-state index contributed by atoms with van der Waals surface area (Å²) in [6.07, 6.45) is 8.14. The summed E-state index contributed by atoms with van der Waals surface area (Å²) in [7, 11) is 1.50. The van der Waals surface area contributed by atoms with E-state index in [0.29, 0.717) is 5.92 Å². The van der Waals surface area contributed by atoms with Gasteiger partial charge in [-0.2, -0.15) is 0 Å². The zero-order valence-electron chi connectivity index (χ0n) is 17.0. The first-order valence-electron chi connectivity index (χ1n) is 9.94. The van der Waals surface area contributed by atoms with Crippen LogP contribution >= 0.6 is 11.3 Å². The van der Waals surface area contributed by atoms with Gasteiger partial charge in [0.1, 0.15) is 5.01 Å². The molecule has 4 rings (SSSR count). The number of nitrogens with zero attached hydrogens (tertiary/aromatic N) is 1. The number of fused-ring (bicyclic) bond motifs is 1. The van der Waals surface area contributed by atoms with Crippen LogP contribution in [0.4, 0.5) is 0 Å². The average molecular weight is 392 g/mol. The van der Waals surface area contributed by atoms with E-state index in [2.05, 4.69) is 56.0 Å². The van der Waals surface area contributed by atoms with Crippen molar-refractivity contribution in [1.29, 1.82) is 5.41 Å². The van der Waals surface area contributed by atoms with Gasteiger partial charge in [0, 0.05) is 18.0 Å². The van der Waals surface area contributed by atoms with Crippen molar-refractivity contribution in [3.05, 3.63) is 64.8 Å². The second kappa shape index (κ2) is 9.26. The van der Waals surface area contributed by atoms with Crippen molar-refractivity contribution in [2.45, 2.75) is 39.5 Å². The Morgan fingerprint density at radius 2 is 2.00 bits per heavy atom. The Kier molecular flexibility index (Phi) is 6.76. The number of benzene rings is 2. The van der Waals surface area contributed by atoms with Crippen molar-refractivity contribution in [1.82, 2.24) is 4.98 Å². The SMILES string of the molecule is CC(C)Cc1ccc(-c2ncc(-c3cccc4c3CCC4)s2)cc1C=N.CN. The van der Waals surface area contributed by atoms with Gasteiger partial charge in [-0.3, -0.25) is 0 Å². The molecular weight excluding hydrogens is 362 g/mol. The average Bonchev–Trinajstić information content (AvgIpc) is 3.39. The molecule has 28 heavy (non-hydrogen) atoms. The number of hydrogen-bond donors (Lipinski definition) is 2. The van der Waals surface area contributed by atoms with Crippen LogP contribution in [0.25, 0.3) is 21.0 Å². The zero-order chi connectivity index (χ0) is 20.1. The quantitative estimate of drug-likeness (QED) is 0.545. The summed E-state index contributed by atoms with van der Waals surface area (Å²) in [6, 6.07) is 13.1. The Labute approximate surface area is 172 Å². The number of thiazole rings is 1. The van der Waals surface area contributed by atoms with Crippen LogP contribution in [0.5, 0.6) is 0 Å². The summed E-state index contributed by atoms with van der Waals surface area (Å²) >= 11 is 1.76. The third-order valence-corrected chi connectivity index (χ3v) is 6.17. The van der Waals surface area contributed by atoms with Gasteiger partial charge >= 0.3 is 0 Å². The minimum atomic E-state index is 0.589. The molecule has 0 unspecified atom stereocenters. The molecule has 4 heteroatoms. The normalized spacial score (nSPS) is 12.5. The highest BCUT2D eigenvalue weighted by molar-refractivity contribution is 7.18. The first-order chi connectivity index (χ1) is 13.7. The van der Waals surface area contributed by atoms with E-state index >= 15 is 0 Å². The molecule has 1 aliphatic carbocycles. The molecule has 0 spiro atoms. The van der Waals surface area contributed by atoms with Crippen molar-refractivity contribution >= 4 is 17.6 Å². The first kappa shape index (κ1) is 20.4. The van der Waals surface area contributed by atoms with Crippen molar-refractivity contribution in [2.75, 3.05) is 7.05 Å². The van der Waals surface area contributed by atoms with Gasteiger partial charge in [-0.15, -0.1) is 11.3 Å². The monoisotopic (exact) mass is 391 g/mol. The third-order valence-electron chi connectivity index (χ3n) is 5.09. The third kappa shape index (κ3) is 4.23. The molecule has 1 aliphatic rings. The fraction of sp³-hybridized carbons (Fsp3) is 0.333. The molecule has 0 fully saturated rings. The highest BCUT2D eigenvalue weighted by atomic mass is 32.1. The molecule has 0 aliphatic heterocycles. The van der Waals surface area contributed by atoms with Crippen LogP contribution in [0.3, 0.4) is 0 Å². The van der Waals surface area contributed by atoms with Crippen molar-refractivity contribution in [3.63, 3.8) is 0 Å². The van der Waals surface area contributed by atoms with Gasteiger partial charge in [0.25, 0.3) is 0 Å². The van der Waals surface area contributed by atoms with E-state index in [1.54, 1.807) is 11.3 Å². The molecular formula is C24H29N3S. The Morgan fingerprint density at radius 1 is 1.18 bits per heavy atom. The molecule has 146 valence electrons. The first-order valence-corrected chi connectivity index (χ1v) is 10.8. The Hall–Kier alpha value is -2.30. The predicted molar refractivity (Wildman–Crippen MR) is 122 cm³/mol. The van der Waals surface area contributed by atoms with Crippen LogP contribution in [0.15, 0.2) is 42.6 Å². The van der Waals surface area contributed by atoms with Gasteiger partial charge in [0.2, 0.25) is 0 Å². The standard InChI is InChI=1S/C23H24N2S.CH5N/c1-15(2)11-17-9-10-18(12-19(17)13-24)23-25-14-22(26-23)21-8-4-6-16-5-3-7-20(16)21;1-2/h4,6,8-10,12-15,24H,3,5,7,11H2,1-2H3;2H2,1H3. The fourth-order valence-electron chi connectivity index (χ4n) is 3.87. The molecule has 3 N–H and O–H groups in total. The Morgan fingerprint density at radius 3 is 2.75 bits per heavy atom. The molecule has 0 saturated heterocycles. The lowest BCUT2D eigenvalue weighted by molar-refractivity contribution is 0.647. The van der Waals surface area contributed by atoms with Crippen molar-refractivity contribution < 1.29 is 0 Å². The molecule has 0 saturated carbocycles. The second-order valence-corrected chi connectivity index (χ2v) is 8.51. The van der Waals surface area contributed by atoms with E-state index in [1.807, 2.05) is 6.20 Å². The lowest BCUT2D eigenvalue weighted by Crippen LogP contribution is -1.99. The van der Waals surface area contributed by atoms with Gasteiger partial charge in [0.05, 0.1) is 4.88 Å². The van der Waals surface area contributed by atoms with Crippen LogP contribution in [0.2, 0.25) is 0 Å². The molecule has 3 nitrogen and oxygen atoms in total. The van der Waals surface area contributed by atoms with E-state index in [1.165, 1.54) is 59.7 Å². The second-order valence-electron chi connectivity index (χ2n) is 7.48. The summed E-state index contributed by atoms with van der Waals surface area (Å²) in [4.78, 5) is 5.95. The van der Waals surface area contributed by atoms with Crippen LogP contribution in [0.1, 0.15) is 42.5 Å². The van der Waals surface area contributed by atoms with Gasteiger partial charge < -0.3 is 11.1 Å². The summed E-state index contributed by atoms with van der Waals surface area (Å²) in [6.45, 7) is 4.43. The van der Waals surface area contributed by atoms with Crippen LogP contribution < -0.4 is 5.73 Å². The summed E-state index contributed by atoms with van der Waals surface area (Å²) in [5, 5.41) is 8.81. The maximum absolute atomic E-state index is 7.77. The minimum Gasteiger partial charge on any atom is -0.333 e. The topological polar surface area (TPSA) is 62.8 Å². The molecule has 1 aromatic heterocycles. The fourth-order valence-corrected chi connectivity index (χ4v) is 4.84. The van der Waals surface area contributed by atoms with Gasteiger partial charge in [-0.25, -0.2) is 4.98 Å². The lowest BCUT2D eigenvalue weighted by Gasteiger charge is -2.09. The molecule has 0 bridgehead atoms. The zero-order valence-corrected chi connectivity index (χ0v) is 17.8. The smallest absolute Gasteiger partial charge is 0.123 e. The molecule has 3 aromatic rings.